The zero-order chi connectivity index (χ0) is 13.8. The normalized spacial score (nSPS) is 16.9. The van der Waals surface area contributed by atoms with Crippen molar-refractivity contribution in [3.8, 4) is 0 Å². The topological polar surface area (TPSA) is 55.7 Å². The SMILES string of the molecule is CC1=CC(=O)C(Br)=C/C1=N\OC(=O)c1ccccc1. The van der Waals surface area contributed by atoms with E-state index in [1.807, 2.05) is 6.07 Å². The maximum atomic E-state index is 11.7. The molecule has 1 aliphatic carbocycles. The third-order valence-corrected chi connectivity index (χ3v) is 3.11. The van der Waals surface area contributed by atoms with E-state index in [4.69, 9.17) is 4.84 Å². The predicted molar refractivity (Wildman–Crippen MR) is 75.1 cm³/mol. The van der Waals surface area contributed by atoms with E-state index in [2.05, 4.69) is 21.1 Å². The maximum Gasteiger partial charge on any atom is 0.365 e. The molecule has 2 rings (SSSR count). The standard InChI is InChI=1S/C14H10BrNO3/c1-9-7-13(17)11(15)8-12(9)16-19-14(18)10-5-3-2-4-6-10/h2-8H,1H3/b16-12+. The van der Waals surface area contributed by atoms with Crippen LogP contribution in [-0.2, 0) is 9.63 Å². The van der Waals surface area contributed by atoms with Gasteiger partial charge in [0.1, 0.15) is 5.71 Å². The molecule has 0 aliphatic heterocycles. The van der Waals surface area contributed by atoms with Crippen molar-refractivity contribution in [3.63, 3.8) is 0 Å². The van der Waals surface area contributed by atoms with Gasteiger partial charge in [-0.25, -0.2) is 4.79 Å². The molecule has 1 aliphatic rings. The van der Waals surface area contributed by atoms with Crippen molar-refractivity contribution in [3.05, 3.63) is 58.1 Å². The molecular formula is C14H10BrNO3. The molecule has 0 unspecified atom stereocenters. The number of oxime groups is 1. The van der Waals surface area contributed by atoms with E-state index in [-0.39, 0.29) is 5.78 Å². The van der Waals surface area contributed by atoms with Crippen molar-refractivity contribution in [1.29, 1.82) is 0 Å². The lowest BCUT2D eigenvalue weighted by Crippen LogP contribution is -2.10. The smallest absolute Gasteiger partial charge is 0.312 e. The van der Waals surface area contributed by atoms with E-state index in [0.29, 0.717) is 21.3 Å². The highest BCUT2D eigenvalue weighted by atomic mass is 79.9. The molecule has 0 heterocycles. The van der Waals surface area contributed by atoms with Crippen LogP contribution in [0.1, 0.15) is 17.3 Å². The summed E-state index contributed by atoms with van der Waals surface area (Å²) < 4.78 is 0.382. The largest absolute Gasteiger partial charge is 0.365 e. The number of benzene rings is 1. The highest BCUT2D eigenvalue weighted by Crippen LogP contribution is 2.17. The van der Waals surface area contributed by atoms with E-state index >= 15 is 0 Å². The van der Waals surface area contributed by atoms with Crippen LogP contribution in [-0.4, -0.2) is 17.5 Å². The average Bonchev–Trinajstić information content (AvgIpc) is 2.42. The molecular weight excluding hydrogens is 310 g/mol. The first kappa shape index (κ1) is 13.4. The summed E-state index contributed by atoms with van der Waals surface area (Å²) in [5.74, 6) is -0.673. The molecule has 0 saturated heterocycles. The second-order valence-corrected chi connectivity index (χ2v) is 4.76. The van der Waals surface area contributed by atoms with Crippen LogP contribution in [0, 0.1) is 0 Å². The van der Waals surface area contributed by atoms with Crippen molar-refractivity contribution >= 4 is 33.4 Å². The van der Waals surface area contributed by atoms with Gasteiger partial charge in [0.05, 0.1) is 10.0 Å². The number of rotatable bonds is 2. The van der Waals surface area contributed by atoms with Crippen molar-refractivity contribution < 1.29 is 14.4 Å². The number of halogens is 1. The summed E-state index contributed by atoms with van der Waals surface area (Å²) in [5.41, 5.74) is 1.51. The predicted octanol–water partition coefficient (Wildman–Crippen LogP) is 3.01. The minimum Gasteiger partial charge on any atom is -0.312 e. The summed E-state index contributed by atoms with van der Waals surface area (Å²) in [4.78, 5) is 27.9. The molecule has 4 nitrogen and oxygen atoms in total. The maximum absolute atomic E-state index is 11.7. The Morgan fingerprint density at radius 3 is 2.58 bits per heavy atom. The second kappa shape index (κ2) is 5.75. The van der Waals surface area contributed by atoms with Gasteiger partial charge in [-0.15, -0.1) is 0 Å². The van der Waals surface area contributed by atoms with Crippen LogP contribution < -0.4 is 0 Å². The Kier molecular flexibility index (Phi) is 4.06. The van der Waals surface area contributed by atoms with E-state index in [9.17, 15) is 9.59 Å². The minimum atomic E-state index is -0.540. The lowest BCUT2D eigenvalue weighted by molar-refractivity contribution is -0.110. The van der Waals surface area contributed by atoms with Crippen LogP contribution in [0.2, 0.25) is 0 Å². The first-order valence-corrected chi connectivity index (χ1v) is 6.32. The van der Waals surface area contributed by atoms with Gasteiger partial charge in [-0.2, -0.15) is 0 Å². The van der Waals surface area contributed by atoms with Crippen molar-refractivity contribution in [1.82, 2.24) is 0 Å². The molecule has 1 aromatic carbocycles. The van der Waals surface area contributed by atoms with Crippen molar-refractivity contribution in [2.24, 2.45) is 5.16 Å². The Labute approximate surface area is 118 Å². The summed E-state index contributed by atoms with van der Waals surface area (Å²) in [6, 6.07) is 8.57. The Bertz CT molecular complexity index is 615. The van der Waals surface area contributed by atoms with Crippen molar-refractivity contribution in [2.45, 2.75) is 6.92 Å². The Balaban J connectivity index is 2.14. The summed E-state index contributed by atoms with van der Waals surface area (Å²) >= 11 is 3.12. The van der Waals surface area contributed by atoms with Gasteiger partial charge in [0.25, 0.3) is 0 Å². The Hall–Kier alpha value is -2.01. The summed E-state index contributed by atoms with van der Waals surface area (Å²) in [7, 11) is 0. The van der Waals surface area contributed by atoms with Crippen LogP contribution in [0.4, 0.5) is 0 Å². The van der Waals surface area contributed by atoms with E-state index in [0.717, 1.165) is 0 Å². The molecule has 5 heteroatoms. The molecule has 0 aromatic heterocycles. The number of hydrogen-bond donors (Lipinski definition) is 0. The first-order chi connectivity index (χ1) is 9.08. The molecule has 0 radical (unpaired) electrons. The number of hydrogen-bond acceptors (Lipinski definition) is 4. The molecule has 0 spiro atoms. The fourth-order valence-electron chi connectivity index (χ4n) is 1.46. The molecule has 96 valence electrons. The van der Waals surface area contributed by atoms with Crippen LogP contribution in [0.3, 0.4) is 0 Å². The summed E-state index contributed by atoms with van der Waals surface area (Å²) in [6.45, 7) is 1.73. The van der Waals surface area contributed by atoms with E-state index in [1.54, 1.807) is 31.2 Å². The second-order valence-electron chi connectivity index (χ2n) is 3.91. The van der Waals surface area contributed by atoms with Gasteiger partial charge in [0.15, 0.2) is 5.78 Å². The minimum absolute atomic E-state index is 0.133. The molecule has 0 amide bonds. The van der Waals surface area contributed by atoms with Gasteiger partial charge in [0.2, 0.25) is 0 Å². The Morgan fingerprint density at radius 2 is 1.89 bits per heavy atom. The lowest BCUT2D eigenvalue weighted by Gasteiger charge is -2.07. The zero-order valence-corrected chi connectivity index (χ0v) is 11.7. The average molecular weight is 320 g/mol. The monoisotopic (exact) mass is 319 g/mol. The number of allylic oxidation sites excluding steroid dienone is 4. The van der Waals surface area contributed by atoms with Gasteiger partial charge < -0.3 is 4.84 Å². The van der Waals surface area contributed by atoms with Gasteiger partial charge in [-0.05, 0) is 52.7 Å². The molecule has 0 saturated carbocycles. The zero-order valence-electron chi connectivity index (χ0n) is 10.1. The van der Waals surface area contributed by atoms with Gasteiger partial charge in [-0.3, -0.25) is 4.79 Å². The fourth-order valence-corrected chi connectivity index (χ4v) is 1.79. The van der Waals surface area contributed by atoms with Crippen LogP contribution in [0.15, 0.2) is 57.7 Å². The van der Waals surface area contributed by atoms with E-state index < -0.39 is 5.97 Å². The number of ketones is 1. The highest BCUT2D eigenvalue weighted by molar-refractivity contribution is 9.12. The molecule has 0 N–H and O–H groups in total. The van der Waals surface area contributed by atoms with Gasteiger partial charge >= 0.3 is 5.97 Å². The number of carbonyl (C=O) groups excluding carboxylic acids is 2. The summed E-state index contributed by atoms with van der Waals surface area (Å²) in [6.07, 6.45) is 2.95. The lowest BCUT2D eigenvalue weighted by atomic mass is 10.1. The molecule has 0 fully saturated rings. The van der Waals surface area contributed by atoms with E-state index in [1.165, 1.54) is 12.2 Å². The van der Waals surface area contributed by atoms with Crippen LogP contribution >= 0.6 is 15.9 Å². The first-order valence-electron chi connectivity index (χ1n) is 5.52. The molecule has 19 heavy (non-hydrogen) atoms. The third-order valence-electron chi connectivity index (χ3n) is 2.49. The van der Waals surface area contributed by atoms with Crippen LogP contribution in [0.5, 0.6) is 0 Å². The third kappa shape index (κ3) is 3.26. The van der Waals surface area contributed by atoms with Crippen molar-refractivity contribution in [2.75, 3.05) is 0 Å². The number of carbonyl (C=O) groups is 2. The fraction of sp³-hybridized carbons (Fsp3) is 0.0714. The van der Waals surface area contributed by atoms with Crippen LogP contribution in [0.25, 0.3) is 0 Å². The molecule has 0 bridgehead atoms. The molecule has 0 atom stereocenters. The van der Waals surface area contributed by atoms with Gasteiger partial charge in [-0.1, -0.05) is 23.4 Å². The Morgan fingerprint density at radius 1 is 1.21 bits per heavy atom. The number of nitrogens with zero attached hydrogens (tertiary/aromatic N) is 1. The quantitative estimate of drug-likeness (QED) is 0.478. The van der Waals surface area contributed by atoms with Gasteiger partial charge in [0, 0.05) is 0 Å². The highest BCUT2D eigenvalue weighted by Gasteiger charge is 2.15. The molecule has 1 aromatic rings. The summed E-state index contributed by atoms with van der Waals surface area (Å²) in [5, 5.41) is 3.77.